The zero-order valence-electron chi connectivity index (χ0n) is 12.3. The molecule has 1 atom stereocenters. The first-order chi connectivity index (χ1) is 10.3. The predicted molar refractivity (Wildman–Crippen MR) is 83.1 cm³/mol. The van der Waals surface area contributed by atoms with E-state index in [1.165, 1.54) is 0 Å². The van der Waals surface area contributed by atoms with E-state index in [1.807, 2.05) is 42.6 Å². The van der Waals surface area contributed by atoms with Crippen molar-refractivity contribution in [1.29, 1.82) is 0 Å². The van der Waals surface area contributed by atoms with Gasteiger partial charge in [-0.25, -0.2) is 0 Å². The summed E-state index contributed by atoms with van der Waals surface area (Å²) < 4.78 is 5.52. The van der Waals surface area contributed by atoms with Gasteiger partial charge in [-0.2, -0.15) is 0 Å². The van der Waals surface area contributed by atoms with E-state index < -0.39 is 6.10 Å². The molecule has 0 aliphatic rings. The Morgan fingerprint density at radius 1 is 1.24 bits per heavy atom. The van der Waals surface area contributed by atoms with Crippen molar-refractivity contribution in [3.8, 4) is 5.75 Å². The molecule has 0 saturated carbocycles. The van der Waals surface area contributed by atoms with Crippen molar-refractivity contribution in [3.63, 3.8) is 0 Å². The highest BCUT2D eigenvalue weighted by Gasteiger charge is 2.07. The lowest BCUT2D eigenvalue weighted by molar-refractivity contribution is 0.174. The summed E-state index contributed by atoms with van der Waals surface area (Å²) in [6.07, 6.45) is 4.03. The van der Waals surface area contributed by atoms with Gasteiger partial charge in [-0.05, 0) is 35.7 Å². The topological polar surface area (TPSA) is 54.4 Å². The zero-order valence-corrected chi connectivity index (χ0v) is 12.3. The molecule has 1 unspecified atom stereocenters. The SMILES string of the molecule is CCCOc1ccc(C(O)CNCc2cccnc2)cc1. The lowest BCUT2D eigenvalue weighted by atomic mass is 10.1. The second-order valence-corrected chi connectivity index (χ2v) is 4.93. The van der Waals surface area contributed by atoms with Gasteiger partial charge in [0.1, 0.15) is 5.75 Å². The van der Waals surface area contributed by atoms with Gasteiger partial charge in [0.15, 0.2) is 0 Å². The molecule has 2 rings (SSSR count). The van der Waals surface area contributed by atoms with E-state index in [4.69, 9.17) is 4.74 Å². The average Bonchev–Trinajstić information content (AvgIpc) is 2.54. The Hall–Kier alpha value is -1.91. The highest BCUT2D eigenvalue weighted by atomic mass is 16.5. The Bertz CT molecular complexity index is 514. The number of aliphatic hydroxyl groups is 1. The Morgan fingerprint density at radius 3 is 2.71 bits per heavy atom. The van der Waals surface area contributed by atoms with Crippen molar-refractivity contribution in [1.82, 2.24) is 10.3 Å². The molecule has 0 saturated heterocycles. The molecule has 1 aromatic carbocycles. The van der Waals surface area contributed by atoms with Crippen molar-refractivity contribution in [2.24, 2.45) is 0 Å². The molecular formula is C17H22N2O2. The molecule has 4 heteroatoms. The minimum atomic E-state index is -0.526. The summed E-state index contributed by atoms with van der Waals surface area (Å²) in [5, 5.41) is 13.4. The minimum absolute atomic E-state index is 0.504. The third kappa shape index (κ3) is 5.17. The molecule has 0 spiro atoms. The summed E-state index contributed by atoms with van der Waals surface area (Å²) in [6, 6.07) is 11.5. The van der Waals surface area contributed by atoms with Crippen LogP contribution >= 0.6 is 0 Å². The smallest absolute Gasteiger partial charge is 0.119 e. The van der Waals surface area contributed by atoms with Crippen LogP contribution in [-0.4, -0.2) is 23.2 Å². The molecule has 21 heavy (non-hydrogen) atoms. The summed E-state index contributed by atoms with van der Waals surface area (Å²) in [5.41, 5.74) is 1.99. The highest BCUT2D eigenvalue weighted by molar-refractivity contribution is 5.28. The van der Waals surface area contributed by atoms with Crippen LogP contribution in [0.15, 0.2) is 48.8 Å². The van der Waals surface area contributed by atoms with E-state index in [0.717, 1.165) is 23.3 Å². The number of pyridine rings is 1. The Labute approximate surface area is 125 Å². The van der Waals surface area contributed by atoms with E-state index in [2.05, 4.69) is 17.2 Å². The zero-order chi connectivity index (χ0) is 14.9. The maximum Gasteiger partial charge on any atom is 0.119 e. The number of hydrogen-bond acceptors (Lipinski definition) is 4. The van der Waals surface area contributed by atoms with Crippen LogP contribution < -0.4 is 10.1 Å². The van der Waals surface area contributed by atoms with E-state index >= 15 is 0 Å². The number of aromatic nitrogens is 1. The number of nitrogens with zero attached hydrogens (tertiary/aromatic N) is 1. The summed E-state index contributed by atoms with van der Waals surface area (Å²) in [4.78, 5) is 4.06. The first-order valence-corrected chi connectivity index (χ1v) is 7.30. The van der Waals surface area contributed by atoms with Crippen molar-refractivity contribution in [3.05, 3.63) is 59.9 Å². The molecule has 0 amide bonds. The second kappa shape index (κ2) is 8.39. The van der Waals surface area contributed by atoms with Gasteiger partial charge in [0.2, 0.25) is 0 Å². The minimum Gasteiger partial charge on any atom is -0.494 e. The van der Waals surface area contributed by atoms with Crippen LogP contribution in [0.4, 0.5) is 0 Å². The quantitative estimate of drug-likeness (QED) is 0.783. The van der Waals surface area contributed by atoms with Gasteiger partial charge >= 0.3 is 0 Å². The summed E-state index contributed by atoms with van der Waals surface area (Å²) in [7, 11) is 0. The molecule has 0 aliphatic heterocycles. The van der Waals surface area contributed by atoms with Crippen LogP contribution in [0.25, 0.3) is 0 Å². The fraction of sp³-hybridized carbons (Fsp3) is 0.353. The number of ether oxygens (including phenoxy) is 1. The van der Waals surface area contributed by atoms with Crippen molar-refractivity contribution >= 4 is 0 Å². The maximum absolute atomic E-state index is 10.1. The van der Waals surface area contributed by atoms with Crippen LogP contribution in [0.3, 0.4) is 0 Å². The van der Waals surface area contributed by atoms with Gasteiger partial charge < -0.3 is 15.2 Å². The molecule has 2 N–H and O–H groups in total. The van der Waals surface area contributed by atoms with Crippen LogP contribution in [0, 0.1) is 0 Å². The summed E-state index contributed by atoms with van der Waals surface area (Å²) >= 11 is 0. The first kappa shape index (κ1) is 15.5. The molecule has 1 heterocycles. The number of nitrogens with one attached hydrogen (secondary N) is 1. The van der Waals surface area contributed by atoms with Gasteiger partial charge in [-0.1, -0.05) is 25.1 Å². The normalized spacial score (nSPS) is 12.1. The largest absolute Gasteiger partial charge is 0.494 e. The van der Waals surface area contributed by atoms with Gasteiger partial charge in [0.05, 0.1) is 12.7 Å². The standard InChI is InChI=1S/C17H22N2O2/c1-2-10-21-16-7-5-15(6-8-16)17(20)13-19-12-14-4-3-9-18-11-14/h3-9,11,17,19-20H,2,10,12-13H2,1H3. The Balaban J connectivity index is 1.78. The van der Waals surface area contributed by atoms with Crippen LogP contribution in [0.5, 0.6) is 5.75 Å². The molecule has 2 aromatic rings. The maximum atomic E-state index is 10.1. The van der Waals surface area contributed by atoms with Crippen LogP contribution in [0.1, 0.15) is 30.6 Å². The molecule has 0 aliphatic carbocycles. The van der Waals surface area contributed by atoms with Crippen LogP contribution in [0.2, 0.25) is 0 Å². The average molecular weight is 286 g/mol. The Morgan fingerprint density at radius 2 is 2.05 bits per heavy atom. The molecule has 0 radical (unpaired) electrons. The first-order valence-electron chi connectivity index (χ1n) is 7.30. The van der Waals surface area contributed by atoms with Gasteiger partial charge in [-0.3, -0.25) is 4.98 Å². The fourth-order valence-electron chi connectivity index (χ4n) is 1.98. The lowest BCUT2D eigenvalue weighted by Crippen LogP contribution is -2.21. The van der Waals surface area contributed by atoms with Crippen LogP contribution in [-0.2, 0) is 6.54 Å². The number of rotatable bonds is 8. The second-order valence-electron chi connectivity index (χ2n) is 4.93. The molecule has 0 bridgehead atoms. The van der Waals surface area contributed by atoms with Gasteiger partial charge in [0, 0.05) is 25.5 Å². The monoisotopic (exact) mass is 286 g/mol. The van der Waals surface area contributed by atoms with Gasteiger partial charge in [-0.15, -0.1) is 0 Å². The number of aliphatic hydroxyl groups excluding tert-OH is 1. The summed E-state index contributed by atoms with van der Waals surface area (Å²) in [6.45, 7) is 3.99. The number of hydrogen-bond donors (Lipinski definition) is 2. The third-order valence-corrected chi connectivity index (χ3v) is 3.13. The Kier molecular flexibility index (Phi) is 6.19. The molecule has 0 fully saturated rings. The van der Waals surface area contributed by atoms with Crippen molar-refractivity contribution in [2.45, 2.75) is 26.0 Å². The van der Waals surface area contributed by atoms with E-state index in [0.29, 0.717) is 19.7 Å². The number of benzene rings is 1. The molecular weight excluding hydrogens is 264 g/mol. The van der Waals surface area contributed by atoms with Crippen molar-refractivity contribution in [2.75, 3.05) is 13.2 Å². The molecule has 1 aromatic heterocycles. The van der Waals surface area contributed by atoms with Crippen molar-refractivity contribution < 1.29 is 9.84 Å². The fourth-order valence-corrected chi connectivity index (χ4v) is 1.98. The molecule has 4 nitrogen and oxygen atoms in total. The third-order valence-electron chi connectivity index (χ3n) is 3.13. The molecule has 112 valence electrons. The predicted octanol–water partition coefficient (Wildman–Crippen LogP) is 2.69. The van der Waals surface area contributed by atoms with E-state index in [-0.39, 0.29) is 0 Å². The highest BCUT2D eigenvalue weighted by Crippen LogP contribution is 2.17. The lowest BCUT2D eigenvalue weighted by Gasteiger charge is -2.13. The van der Waals surface area contributed by atoms with E-state index in [9.17, 15) is 5.11 Å². The van der Waals surface area contributed by atoms with Gasteiger partial charge in [0.25, 0.3) is 0 Å². The summed E-state index contributed by atoms with van der Waals surface area (Å²) in [5.74, 6) is 0.844. The van der Waals surface area contributed by atoms with E-state index in [1.54, 1.807) is 6.20 Å².